The summed E-state index contributed by atoms with van der Waals surface area (Å²) in [5, 5.41) is 26.0. The third kappa shape index (κ3) is 35.0. The van der Waals surface area contributed by atoms with Gasteiger partial charge in [-0.1, -0.05) is 87.6 Å². The van der Waals surface area contributed by atoms with Crippen molar-refractivity contribution >= 4 is 29.3 Å². The van der Waals surface area contributed by atoms with E-state index >= 15 is 0 Å². The summed E-state index contributed by atoms with van der Waals surface area (Å²) in [7, 11) is 4.40. The van der Waals surface area contributed by atoms with Crippen LogP contribution in [-0.4, -0.2) is 74.5 Å². The normalized spacial score (nSPS) is 12.1. The number of hydrogen-bond acceptors (Lipinski definition) is 6. The van der Waals surface area contributed by atoms with E-state index in [0.29, 0.717) is 5.88 Å². The Labute approximate surface area is 568 Å². The van der Waals surface area contributed by atoms with E-state index in [9.17, 15) is 4.79 Å². The largest absolute Gasteiger partial charge is 0.392 e. The predicted octanol–water partition coefficient (Wildman–Crippen LogP) is 16.4. The van der Waals surface area contributed by atoms with E-state index in [0.717, 1.165) is 81.9 Å². The Hall–Kier alpha value is 0.125. The summed E-state index contributed by atoms with van der Waals surface area (Å²) in [5.41, 5.74) is 26.9. The van der Waals surface area contributed by atoms with Crippen molar-refractivity contribution < 1.29 is 152 Å². The molecule has 0 bridgehead atoms. The summed E-state index contributed by atoms with van der Waals surface area (Å²) in [5.74, 6) is 0.613. The van der Waals surface area contributed by atoms with Crippen LogP contribution in [0.2, 0.25) is 0 Å². The molecule has 0 aromatic heterocycles. The van der Waals surface area contributed by atoms with E-state index in [1.165, 1.54) is 100 Å². The van der Waals surface area contributed by atoms with Crippen LogP contribution in [0.1, 0.15) is 169 Å². The molecule has 0 unspecified atom stereocenters. The number of anilines is 2. The van der Waals surface area contributed by atoms with Crippen molar-refractivity contribution in [3.8, 4) is 0 Å². The molecule has 2 aromatic rings. The van der Waals surface area contributed by atoms with Gasteiger partial charge >= 0.3 is 0 Å². The summed E-state index contributed by atoms with van der Waals surface area (Å²) in [6.07, 6.45) is 25.4. The molecule has 0 saturated heterocycles. The number of nitrogens with zero attached hydrogens (tertiary/aromatic N) is 2. The quantitative estimate of drug-likeness (QED) is 0.0445. The first-order valence-corrected chi connectivity index (χ1v) is 26.4. The van der Waals surface area contributed by atoms with E-state index in [1.807, 2.05) is 25.2 Å². The summed E-state index contributed by atoms with van der Waals surface area (Å²) in [6, 6.07) is 0. The fourth-order valence-electron chi connectivity index (χ4n) is 8.41. The van der Waals surface area contributed by atoms with Crippen LogP contribution in [0, 0.1) is 201 Å². The van der Waals surface area contributed by atoms with Crippen LogP contribution in [0.3, 0.4) is 0 Å². The molecule has 0 amide bonds. The standard InChI is InChI=1S/C22H34ClN.C22H35NO.C10H16O2.C10H18O.3Ac/c1-15(12-13-23)10-9-11-16(2)14-24(8)22-20(6)18(4)17(3)19(5)21(22)7;1-15(12-13-24)10-9-11-16(2)14-23(8)22-20(6)18(4)17(3)19(5)21(22)7;1-9(6-7-11)4-3-5-10(2)8-12;1-9(2)5-4-6-10(3)7-8-11;;;/h11-12H,9-10,13-14H2,1-8H3;11-12,24H,9-10,13-14H2,1-8H3;5-6,8,11H,3-4,7H2,1-2H3;5,7,11H,4,6,8H2,1-3H3;;;/b2*15-12+,16-11+;9-6+,10-5+;10-7+;;;. The second-order valence-corrected chi connectivity index (χ2v) is 20.5. The Morgan fingerprint density at radius 1 is 0.392 bits per heavy atom. The number of rotatable bonds is 23. The van der Waals surface area contributed by atoms with Crippen molar-refractivity contribution in [2.24, 2.45) is 0 Å². The van der Waals surface area contributed by atoms with Crippen molar-refractivity contribution in [3.63, 3.8) is 0 Å². The third-order valence-corrected chi connectivity index (χ3v) is 13.9. The number of allylic oxidation sites excluding steroid dienone is 11. The summed E-state index contributed by atoms with van der Waals surface area (Å²) < 4.78 is 0. The average molecular weight is 1680 g/mol. The molecule has 0 fully saturated rings. The Morgan fingerprint density at radius 2 is 0.649 bits per heavy atom. The Kier molecular flexibility index (Phi) is 53.7. The van der Waals surface area contributed by atoms with Crippen molar-refractivity contribution in [2.45, 2.75) is 183 Å². The van der Waals surface area contributed by atoms with Gasteiger partial charge in [-0.15, -0.1) is 11.6 Å². The third-order valence-electron chi connectivity index (χ3n) is 13.7. The Balaban J connectivity index is -0.000000298. The molecule has 10 heteroatoms. The predicted molar refractivity (Wildman–Crippen MR) is 318 cm³/mol. The van der Waals surface area contributed by atoms with Crippen LogP contribution in [0.25, 0.3) is 0 Å². The van der Waals surface area contributed by atoms with Gasteiger partial charge in [0.1, 0.15) is 6.29 Å². The van der Waals surface area contributed by atoms with Crippen molar-refractivity contribution in [1.82, 2.24) is 0 Å². The van der Waals surface area contributed by atoms with Gasteiger partial charge in [0, 0.05) is 177 Å². The molecule has 3 radical (unpaired) electrons. The fourth-order valence-corrected chi connectivity index (χ4v) is 8.67. The van der Waals surface area contributed by atoms with Gasteiger partial charge < -0.3 is 25.1 Å². The molecule has 0 aliphatic rings. The second-order valence-electron chi connectivity index (χ2n) is 20.2. The zero-order valence-electron chi connectivity index (χ0n) is 50.8. The number of likely N-dealkylation sites (N-methyl/N-ethyl adjacent to an activating group) is 2. The molecule has 2 aromatic carbocycles. The monoisotopic (exact) mass is 1680 g/mol. The van der Waals surface area contributed by atoms with E-state index in [4.69, 9.17) is 26.9 Å². The average Bonchev–Trinajstić information content (AvgIpc) is 3.29. The molecule has 2 rings (SSSR count). The molecule has 0 atom stereocenters. The maximum Gasteiger partial charge on any atom is 0.145 e. The van der Waals surface area contributed by atoms with E-state index in [-0.39, 0.29) is 152 Å². The summed E-state index contributed by atoms with van der Waals surface area (Å²) in [6.45, 7) is 43.4. The van der Waals surface area contributed by atoms with Crippen LogP contribution in [0.5, 0.6) is 0 Å². The smallest absolute Gasteiger partial charge is 0.145 e. The minimum Gasteiger partial charge on any atom is -0.392 e. The van der Waals surface area contributed by atoms with Crippen LogP contribution in [-0.2, 0) is 4.79 Å². The first-order valence-electron chi connectivity index (χ1n) is 25.9. The van der Waals surface area contributed by atoms with Gasteiger partial charge in [-0.25, -0.2) is 0 Å². The van der Waals surface area contributed by atoms with Crippen molar-refractivity contribution in [2.75, 3.05) is 62.7 Å². The van der Waals surface area contributed by atoms with Crippen LogP contribution >= 0.6 is 11.6 Å². The first-order chi connectivity index (χ1) is 33.3. The molecule has 409 valence electrons. The maximum absolute atomic E-state index is 10.2. The van der Waals surface area contributed by atoms with E-state index < -0.39 is 0 Å². The molecule has 0 heterocycles. The van der Waals surface area contributed by atoms with E-state index in [1.54, 1.807) is 13.0 Å². The first kappa shape index (κ1) is 83.0. The number of aliphatic hydroxyl groups is 3. The fraction of sp³-hybridized carbons (Fsp3) is 0.547. The van der Waals surface area contributed by atoms with Crippen molar-refractivity contribution in [3.05, 3.63) is 149 Å². The van der Waals surface area contributed by atoms with Gasteiger partial charge in [-0.05, 0) is 244 Å². The number of halogens is 1. The topological polar surface area (TPSA) is 84.2 Å². The zero-order valence-corrected chi connectivity index (χ0v) is 65.8. The van der Waals surface area contributed by atoms with Gasteiger partial charge in [0.25, 0.3) is 0 Å². The van der Waals surface area contributed by atoms with Crippen molar-refractivity contribution in [1.29, 1.82) is 0 Å². The Bertz CT molecular complexity index is 2040. The number of carbonyl (C=O) groups is 1. The molecule has 74 heavy (non-hydrogen) atoms. The molecule has 0 aliphatic carbocycles. The molecule has 3 N–H and O–H groups in total. The number of aliphatic hydroxyl groups excluding tert-OH is 3. The van der Waals surface area contributed by atoms with Gasteiger partial charge in [0.2, 0.25) is 0 Å². The SMILES string of the molecule is C/C(=C\CCl)CC/C=C(\C)CN(C)c1c(C)c(C)c(C)c(C)c1C.C/C(=C\CO)CC/C=C(\C)CN(C)c1c(C)c(C)c(C)c(C)c1C.C/C(C=O)=C\CC/C(C)=C/CO.CC(C)=CCC/C(C)=C/CO.[Ac].[Ac].[Ac]. The molecule has 6 nitrogen and oxygen atoms in total. The molecule has 0 spiro atoms. The minimum atomic E-state index is 0. The summed E-state index contributed by atoms with van der Waals surface area (Å²) >= 11 is 5.74. The molecule has 0 saturated carbocycles. The second kappa shape index (κ2) is 47.9. The molecule has 0 aliphatic heterocycles. The van der Waals surface area contributed by atoms with Crippen LogP contribution < -0.4 is 9.80 Å². The summed E-state index contributed by atoms with van der Waals surface area (Å²) in [4.78, 5) is 15.0. The van der Waals surface area contributed by atoms with Gasteiger partial charge in [0.05, 0.1) is 19.8 Å². The zero-order chi connectivity index (χ0) is 55.0. The molecular weight excluding hydrogens is 1580 g/mol. The van der Waals surface area contributed by atoms with Gasteiger partial charge in [-0.3, -0.25) is 4.79 Å². The number of alkyl halides is 1. The number of carbonyl (C=O) groups excluding carboxylic acids is 1. The Morgan fingerprint density at radius 3 is 0.905 bits per heavy atom. The number of hydrogen-bond donors (Lipinski definition) is 3. The molecular formula is C64H103Ac3ClN2O4. The van der Waals surface area contributed by atoms with Crippen LogP contribution in [0.4, 0.5) is 11.4 Å². The maximum atomic E-state index is 10.2. The van der Waals surface area contributed by atoms with E-state index in [2.05, 4.69) is 166 Å². The van der Waals surface area contributed by atoms with Gasteiger partial charge in [-0.2, -0.15) is 0 Å². The van der Waals surface area contributed by atoms with Gasteiger partial charge in [0.15, 0.2) is 0 Å². The number of benzene rings is 2. The number of aldehydes is 1. The van der Waals surface area contributed by atoms with Crippen LogP contribution in [0.15, 0.2) is 93.2 Å². The minimum absolute atomic E-state index is 0.